The molecule has 1 unspecified atom stereocenters. The van der Waals surface area contributed by atoms with Crippen LogP contribution in [0.5, 0.6) is 46.0 Å². The predicted molar refractivity (Wildman–Crippen MR) is 498 cm³/mol. The van der Waals surface area contributed by atoms with Gasteiger partial charge in [-0.2, -0.15) is 0 Å². The molecule has 0 radical (unpaired) electrons. The van der Waals surface area contributed by atoms with Gasteiger partial charge in [0.25, 0.3) is 5.79 Å². The highest BCUT2D eigenvalue weighted by Crippen LogP contribution is 2.53. The van der Waals surface area contributed by atoms with E-state index in [-0.39, 0.29) is 0 Å². The second-order valence-electron chi connectivity index (χ2n) is 31.2. The van der Waals surface area contributed by atoms with Crippen molar-refractivity contribution in [2.75, 3.05) is 56.9 Å². The number of aliphatic imine (C=N–C) groups is 2. The maximum absolute atomic E-state index is 7.36. The van der Waals surface area contributed by atoms with Crippen LogP contribution in [-0.2, 0) is 57.2 Å². The van der Waals surface area contributed by atoms with Gasteiger partial charge >= 0.3 is 0 Å². The van der Waals surface area contributed by atoms with Crippen molar-refractivity contribution in [1.82, 2.24) is 29.5 Å². The number of rotatable bonds is 18. The number of halogens is 4. The first-order valence-electron chi connectivity index (χ1n) is 41.6. The van der Waals surface area contributed by atoms with Gasteiger partial charge in [-0.15, -0.1) is 0 Å². The van der Waals surface area contributed by atoms with Crippen molar-refractivity contribution in [1.29, 1.82) is 0 Å². The highest BCUT2D eigenvalue weighted by atomic mass is 35.5. The zero-order valence-electron chi connectivity index (χ0n) is 70.0. The average molecular weight is 1720 g/mol. The molecule has 7 aliphatic rings. The van der Waals surface area contributed by atoms with Crippen molar-refractivity contribution in [3.05, 3.63) is 324 Å². The van der Waals surface area contributed by atoms with Gasteiger partial charge in [-0.1, -0.05) is 168 Å². The number of hydrogen-bond donors (Lipinski definition) is 2. The number of aromatic amines is 2. The van der Waals surface area contributed by atoms with Crippen LogP contribution in [0.15, 0.2) is 253 Å². The number of aromatic nitrogens is 6. The second-order valence-corrected chi connectivity index (χ2v) is 32.8. The Morgan fingerprint density at radius 3 is 1.06 bits per heavy atom. The van der Waals surface area contributed by atoms with E-state index in [1.807, 2.05) is 170 Å². The fourth-order valence-electron chi connectivity index (χ4n) is 17.8. The third-order valence-electron chi connectivity index (χ3n) is 24.0. The Kier molecular flexibility index (Phi) is 23.6. The topological polar surface area (TPSA) is 174 Å². The third-order valence-corrected chi connectivity index (χ3v) is 25.3. The smallest absolute Gasteiger partial charge is 0.261 e. The molecule has 16 nitrogen and oxygen atoms in total. The molecule has 20 heteroatoms. The number of methoxy groups -OCH3 is 8. The molecule has 22 rings (SSSR count). The maximum Gasteiger partial charge on any atom is 0.261 e. The minimum atomic E-state index is -1.46. The standard InChI is InChI=1S/C52H44Cl2N4O4.C52H46Cl2N4O4/c1-59-43-25-23-35(29-45(43)61-3)47-49(37-15-5-7-17-41(37)53)57-52(56-47)40-28-32-12-9-11-31-19-21-33(13-10-14-34(40)22-20-32)39(27-31)51-55-48(36-24-26-44(60-2)46(30-36)62-4)50(58(51)52)38-16-6-8-18-42(38)54;1-59-43-25-23-35(29-45(43)61-3)47-49(37-15-5-7-17-41(37)53)57-51(55-47)39-27-31-11-9-12-32-20-22-34(14-10-13-33(39)21-19-31)40(28-32)52-56-48(36-24-26-44(60-2)46(30-36)62-4)50(58-52)38-16-6-8-18-42(38)54/h5-8,15-30H,9-14H2,1-4H3;5-8,15-30H,9-14H2,1-4H3,(H,55,57)(H,56,58). The monoisotopic (exact) mass is 1720 g/mol. The Hall–Kier alpha value is -12.8. The molecule has 3 aromatic heterocycles. The molecule has 12 aromatic carbocycles. The van der Waals surface area contributed by atoms with Crippen LogP contribution in [-0.4, -0.2) is 97.8 Å². The Balaban J connectivity index is 0.000000169. The molecule has 3 aliphatic heterocycles. The third kappa shape index (κ3) is 15.7. The SMILES string of the molecule is COc1ccc(-c2nc(-c3cc4ccc3CCCc3ccc(cc3-c3nc(-c5ccc(OC)c(OC)c5)c(-c5ccccc5Cl)[nH]3)CCC4)[nH]c2-c2ccccc2Cl)cc1OC.COc1ccc(C2=NC3(N=C2c2ccccc2Cl)c2cc4ccc2CCCc2ccc(cc2-c2nc(-c5ccc(OC)c(OC)c5)c(-c5ccccc5Cl)n23)CCC4)cc1OC. The van der Waals surface area contributed by atoms with Gasteiger partial charge in [0.1, 0.15) is 17.5 Å². The predicted octanol–water partition coefficient (Wildman–Crippen LogP) is 25.0. The molecule has 0 fully saturated rings. The van der Waals surface area contributed by atoms with E-state index in [0.29, 0.717) is 83.2 Å². The van der Waals surface area contributed by atoms with Gasteiger partial charge in [0.05, 0.1) is 107 Å². The largest absolute Gasteiger partial charge is 0.493 e. The Bertz CT molecular complexity index is 6490. The van der Waals surface area contributed by atoms with Crippen molar-refractivity contribution in [3.63, 3.8) is 0 Å². The van der Waals surface area contributed by atoms with Gasteiger partial charge in [-0.05, 0) is 243 Å². The van der Waals surface area contributed by atoms with E-state index in [2.05, 4.69) is 87.3 Å². The quantitative estimate of drug-likeness (QED) is 0.0837. The van der Waals surface area contributed by atoms with Gasteiger partial charge in [0.2, 0.25) is 0 Å². The lowest BCUT2D eigenvalue weighted by atomic mass is 9.88. The number of ether oxygens (including phenoxy) is 8. The van der Waals surface area contributed by atoms with Crippen LogP contribution in [0.1, 0.15) is 86.9 Å². The lowest BCUT2D eigenvalue weighted by Gasteiger charge is -2.33. The fourth-order valence-corrected chi connectivity index (χ4v) is 18.7. The van der Waals surface area contributed by atoms with Gasteiger partial charge < -0.3 is 47.9 Å². The molecule has 0 amide bonds. The van der Waals surface area contributed by atoms with E-state index in [9.17, 15) is 0 Å². The number of aryl methyl sites for hydroxylation is 8. The minimum Gasteiger partial charge on any atom is -0.493 e. The Labute approximate surface area is 741 Å². The lowest BCUT2D eigenvalue weighted by Crippen LogP contribution is -2.33. The number of H-pyrrole nitrogens is 2. The molecule has 622 valence electrons. The second kappa shape index (κ2) is 35.6. The summed E-state index contributed by atoms with van der Waals surface area (Å²) in [5.41, 5.74) is 26.6. The molecule has 4 aliphatic carbocycles. The zero-order chi connectivity index (χ0) is 85.3. The summed E-state index contributed by atoms with van der Waals surface area (Å²) in [7, 11) is 13.1. The molecule has 6 heterocycles. The van der Waals surface area contributed by atoms with Crippen LogP contribution in [0.2, 0.25) is 20.1 Å². The minimum absolute atomic E-state index is 0.554. The van der Waals surface area contributed by atoms with E-state index in [1.165, 1.54) is 38.9 Å². The first-order chi connectivity index (χ1) is 60.7. The molecule has 2 N–H and O–H groups in total. The number of nitrogens with one attached hydrogen (secondary N) is 2. The van der Waals surface area contributed by atoms with E-state index in [4.69, 9.17) is 109 Å². The molecule has 1 atom stereocenters. The van der Waals surface area contributed by atoms with E-state index in [0.717, 1.165) is 195 Å². The maximum atomic E-state index is 7.36. The number of imidazole rings is 3. The number of nitrogens with zero attached hydrogens (tertiary/aromatic N) is 6. The van der Waals surface area contributed by atoms with Crippen LogP contribution in [0.25, 0.3) is 102 Å². The number of fused-ring (bicyclic) bond motifs is 2. The summed E-state index contributed by atoms with van der Waals surface area (Å²) < 4.78 is 48.0. The molecule has 8 bridgehead atoms. The van der Waals surface area contributed by atoms with Crippen molar-refractivity contribution in [2.45, 2.75) is 82.8 Å². The summed E-state index contributed by atoms with van der Waals surface area (Å²) in [5, 5.41) is 2.39. The van der Waals surface area contributed by atoms with E-state index >= 15 is 0 Å². The average Bonchev–Trinajstić information content (AvgIpc) is 1.54. The van der Waals surface area contributed by atoms with Crippen LogP contribution < -0.4 is 37.9 Å². The molecular weight excluding hydrogens is 1630 g/mol. The number of benzene rings is 12. The van der Waals surface area contributed by atoms with E-state index < -0.39 is 5.79 Å². The van der Waals surface area contributed by atoms with Crippen LogP contribution in [0, 0.1) is 0 Å². The first-order valence-corrected chi connectivity index (χ1v) is 43.1. The highest BCUT2D eigenvalue weighted by Gasteiger charge is 2.48. The molecular formula is C104H90Cl4N8O8. The molecule has 124 heavy (non-hydrogen) atoms. The first kappa shape index (κ1) is 82.1. The van der Waals surface area contributed by atoms with Crippen LogP contribution in [0.3, 0.4) is 0 Å². The fraction of sp³-hybridized carbons (Fsp3) is 0.202. The van der Waals surface area contributed by atoms with Gasteiger partial charge in [-0.3, -0.25) is 4.57 Å². The summed E-state index contributed by atoms with van der Waals surface area (Å²) in [6.45, 7) is 0. The van der Waals surface area contributed by atoms with Crippen molar-refractivity contribution < 1.29 is 37.9 Å². The summed E-state index contributed by atoms with van der Waals surface area (Å²) in [6.07, 6.45) is 10.7. The molecule has 0 saturated heterocycles. The van der Waals surface area contributed by atoms with Gasteiger partial charge in [-0.25, -0.2) is 24.9 Å². The zero-order valence-corrected chi connectivity index (χ0v) is 73.1. The van der Waals surface area contributed by atoms with Crippen molar-refractivity contribution >= 4 is 57.8 Å². The van der Waals surface area contributed by atoms with Crippen LogP contribution in [0.4, 0.5) is 0 Å². The molecule has 15 aromatic rings. The van der Waals surface area contributed by atoms with E-state index in [1.54, 1.807) is 56.9 Å². The Morgan fingerprint density at radius 1 is 0.290 bits per heavy atom. The van der Waals surface area contributed by atoms with Gasteiger partial charge in [0.15, 0.2) is 46.0 Å². The van der Waals surface area contributed by atoms with Crippen molar-refractivity contribution in [2.24, 2.45) is 9.98 Å². The molecule has 1 spiro atoms. The van der Waals surface area contributed by atoms with Crippen LogP contribution >= 0.6 is 46.4 Å². The normalized spacial score (nSPS) is 14.5. The summed E-state index contributed by atoms with van der Waals surface area (Å²) in [4.78, 5) is 35.9. The summed E-state index contributed by atoms with van der Waals surface area (Å²) in [5.74, 6) is 5.78. The van der Waals surface area contributed by atoms with Crippen molar-refractivity contribution in [3.8, 4) is 148 Å². The highest BCUT2D eigenvalue weighted by molar-refractivity contribution is 6.56. The van der Waals surface area contributed by atoms with Gasteiger partial charge in [0, 0.05) is 81.8 Å². The summed E-state index contributed by atoms with van der Waals surface area (Å²) in [6, 6.07) is 82.6. The Morgan fingerprint density at radius 2 is 0.629 bits per heavy atom. The number of hydrogen-bond acceptors (Lipinski definition) is 13. The lowest BCUT2D eigenvalue weighted by molar-refractivity contribution is 0.355. The summed E-state index contributed by atoms with van der Waals surface area (Å²) >= 11 is 28.3. The molecule has 0 saturated carbocycles.